The summed E-state index contributed by atoms with van der Waals surface area (Å²) in [4.78, 5) is 4.77. The van der Waals surface area contributed by atoms with Crippen molar-refractivity contribution in [1.82, 2.24) is 0 Å². The van der Waals surface area contributed by atoms with Gasteiger partial charge in [-0.3, -0.25) is 0 Å². The Morgan fingerprint density at radius 2 is 1.89 bits per heavy atom. The topological polar surface area (TPSA) is 29.5 Å². The van der Waals surface area contributed by atoms with E-state index >= 15 is 0 Å². The molecule has 0 saturated carbocycles. The minimum absolute atomic E-state index is 0. The molecule has 0 fully saturated rings. The molecule has 0 bridgehead atoms. The maximum atomic E-state index is 11.1. The summed E-state index contributed by atoms with van der Waals surface area (Å²) in [5.74, 6) is 1.09. The van der Waals surface area contributed by atoms with Crippen LogP contribution in [0.2, 0.25) is 14.3 Å². The van der Waals surface area contributed by atoms with Gasteiger partial charge in [0.05, 0.1) is 0 Å². The molecule has 2 atom stereocenters. The first-order valence-electron chi connectivity index (χ1n) is 6.60. The van der Waals surface area contributed by atoms with Gasteiger partial charge in [-0.25, -0.2) is 0 Å². The van der Waals surface area contributed by atoms with E-state index in [1.54, 1.807) is 7.11 Å². The van der Waals surface area contributed by atoms with E-state index in [-0.39, 0.29) is 12.4 Å². The molecular formula is C15H26ClO2Sn. The third-order valence-electron chi connectivity index (χ3n) is 3.64. The molecule has 2 nitrogen and oxygen atoms in total. The van der Waals surface area contributed by atoms with Crippen molar-refractivity contribution in [2.75, 3.05) is 7.11 Å². The number of aliphatic hydroxyl groups is 1. The van der Waals surface area contributed by atoms with Crippen LogP contribution in [0.15, 0.2) is 24.3 Å². The second-order valence-electron chi connectivity index (χ2n) is 5.29. The Bertz CT molecular complexity index is 384. The summed E-state index contributed by atoms with van der Waals surface area (Å²) in [6.07, 6.45) is 0.727. The van der Waals surface area contributed by atoms with Gasteiger partial charge >= 0.3 is 118 Å². The van der Waals surface area contributed by atoms with Gasteiger partial charge in [0, 0.05) is 0 Å². The summed E-state index contributed by atoms with van der Waals surface area (Å²) in [5.41, 5.74) is 0.178. The first-order valence-corrected chi connectivity index (χ1v) is 14.3. The molecule has 1 aromatic rings. The smallest absolute Gasteiger partial charge is 0.147 e. The predicted molar refractivity (Wildman–Crippen MR) is 85.9 cm³/mol. The van der Waals surface area contributed by atoms with Crippen LogP contribution in [0.1, 0.15) is 25.8 Å². The van der Waals surface area contributed by atoms with Gasteiger partial charge in [-0.15, -0.1) is 12.4 Å². The van der Waals surface area contributed by atoms with Crippen LogP contribution < -0.4 is 4.74 Å². The number of hydrogen-bond donors (Lipinski definition) is 1. The van der Waals surface area contributed by atoms with Crippen LogP contribution in [0.4, 0.5) is 0 Å². The van der Waals surface area contributed by atoms with Gasteiger partial charge in [-0.2, -0.15) is 0 Å². The molecule has 1 rings (SSSR count). The van der Waals surface area contributed by atoms with Crippen LogP contribution in [-0.4, -0.2) is 32.0 Å². The molecule has 0 aromatic heterocycles. The predicted octanol–water partition coefficient (Wildman–Crippen LogP) is 4.11. The van der Waals surface area contributed by atoms with E-state index in [0.717, 1.165) is 17.7 Å². The molecule has 0 amide bonds. The Morgan fingerprint density at radius 3 is 2.37 bits per heavy atom. The van der Waals surface area contributed by atoms with E-state index in [2.05, 4.69) is 23.7 Å². The van der Waals surface area contributed by atoms with E-state index in [1.165, 1.54) is 4.44 Å². The van der Waals surface area contributed by atoms with Crippen molar-refractivity contribution in [3.8, 4) is 5.75 Å². The number of para-hydroxylation sites is 1. The van der Waals surface area contributed by atoms with Gasteiger partial charge in [0.15, 0.2) is 0 Å². The van der Waals surface area contributed by atoms with E-state index in [0.29, 0.717) is 5.92 Å². The Morgan fingerprint density at radius 1 is 1.32 bits per heavy atom. The molecule has 0 aliphatic carbocycles. The normalized spacial score (nSPS) is 15.5. The minimum Gasteiger partial charge on any atom is -0.147 e. The molecule has 109 valence electrons. The fourth-order valence-corrected chi connectivity index (χ4v) is 7.05. The van der Waals surface area contributed by atoms with Gasteiger partial charge in [0.2, 0.25) is 0 Å². The second-order valence-corrected chi connectivity index (χ2v) is 13.3. The largest absolute Gasteiger partial charge is 0.147 e. The number of ether oxygens (including phenoxy) is 1. The second kappa shape index (κ2) is 8.38. The molecule has 0 aliphatic rings. The summed E-state index contributed by atoms with van der Waals surface area (Å²) in [6.45, 7) is 4.22. The monoisotopic (exact) mass is 393 g/mol. The quantitative estimate of drug-likeness (QED) is 0.739. The molecule has 0 saturated heterocycles. The van der Waals surface area contributed by atoms with Crippen molar-refractivity contribution >= 4 is 32.2 Å². The molecule has 0 spiro atoms. The molecule has 2 unspecified atom stereocenters. The van der Waals surface area contributed by atoms with Crippen molar-refractivity contribution in [3.05, 3.63) is 29.8 Å². The average Bonchev–Trinajstić information content (AvgIpc) is 2.36. The van der Waals surface area contributed by atoms with Crippen molar-refractivity contribution in [1.29, 1.82) is 0 Å². The summed E-state index contributed by atoms with van der Waals surface area (Å²) in [5, 5.41) is 11.1. The van der Waals surface area contributed by atoms with Crippen LogP contribution in [0.5, 0.6) is 5.75 Å². The number of halogens is 1. The zero-order valence-corrected chi connectivity index (χ0v) is 16.2. The molecule has 1 radical (unpaired) electrons. The number of rotatable bonds is 6. The van der Waals surface area contributed by atoms with Crippen LogP contribution in [0.3, 0.4) is 0 Å². The summed E-state index contributed by atoms with van der Waals surface area (Å²) in [7, 11) is 1.67. The van der Waals surface area contributed by atoms with Crippen LogP contribution in [0, 0.1) is 5.92 Å². The first-order chi connectivity index (χ1) is 8.45. The molecular weight excluding hydrogens is 366 g/mol. The molecule has 1 aromatic carbocycles. The maximum absolute atomic E-state index is 11.1. The van der Waals surface area contributed by atoms with Gasteiger partial charge in [0.1, 0.15) is 0 Å². The Labute approximate surface area is 130 Å². The zero-order chi connectivity index (χ0) is 13.8. The maximum Gasteiger partial charge on any atom is -0.147 e. The van der Waals surface area contributed by atoms with Gasteiger partial charge in [-0.1, -0.05) is 0 Å². The van der Waals surface area contributed by atoms with E-state index in [9.17, 15) is 5.11 Å². The number of benzene rings is 1. The standard InChI is InChI=1S/C13H19O2.2CH3.ClH.Sn/c1-5-13(14,10(2)3)11-8-6-7-9-12(11)15-4;;;;/h6-10,14H,2,5H2,1,3-4H3;2*1H3;1H;. The summed E-state index contributed by atoms with van der Waals surface area (Å²) >= 11 is -1.22. The van der Waals surface area contributed by atoms with Crippen LogP contribution in [0.25, 0.3) is 0 Å². The van der Waals surface area contributed by atoms with Crippen LogP contribution in [-0.2, 0) is 5.60 Å². The van der Waals surface area contributed by atoms with Crippen molar-refractivity contribution in [2.24, 2.45) is 5.92 Å². The van der Waals surface area contributed by atoms with Crippen molar-refractivity contribution in [3.63, 3.8) is 0 Å². The van der Waals surface area contributed by atoms with E-state index in [4.69, 9.17) is 4.74 Å². The van der Waals surface area contributed by atoms with Crippen molar-refractivity contribution < 1.29 is 9.84 Å². The molecule has 19 heavy (non-hydrogen) atoms. The third-order valence-corrected chi connectivity index (χ3v) is 7.72. The van der Waals surface area contributed by atoms with Gasteiger partial charge in [0.25, 0.3) is 0 Å². The molecule has 1 N–H and O–H groups in total. The average molecular weight is 393 g/mol. The minimum atomic E-state index is -1.22. The SMILES string of the molecule is CCC(O)(c1ccccc1OC)C(C)[CH2][Sn]([CH3])[CH3].Cl. The zero-order valence-electron chi connectivity index (χ0n) is 12.6. The fourth-order valence-electron chi connectivity index (χ4n) is 2.59. The van der Waals surface area contributed by atoms with E-state index < -0.39 is 25.4 Å². The first kappa shape index (κ1) is 19.1. The molecule has 4 heteroatoms. The summed E-state index contributed by atoms with van der Waals surface area (Å²) in [6, 6.07) is 7.85. The van der Waals surface area contributed by atoms with E-state index in [1.807, 2.05) is 24.3 Å². The van der Waals surface area contributed by atoms with Gasteiger partial charge in [-0.05, 0) is 0 Å². The molecule has 0 heterocycles. The molecule has 0 aliphatic heterocycles. The fraction of sp³-hybridized carbons (Fsp3) is 0.600. The van der Waals surface area contributed by atoms with Crippen LogP contribution >= 0.6 is 12.4 Å². The number of hydrogen-bond acceptors (Lipinski definition) is 2. The third kappa shape index (κ3) is 4.54. The Balaban J connectivity index is 0.00000324. The number of methoxy groups -OCH3 is 1. The Hall–Kier alpha value is 0.0687. The van der Waals surface area contributed by atoms with Crippen molar-refractivity contribution in [2.45, 2.75) is 40.2 Å². The summed E-state index contributed by atoms with van der Waals surface area (Å²) < 4.78 is 6.60. The van der Waals surface area contributed by atoms with Gasteiger partial charge < -0.3 is 0 Å². The Kier molecular flexibility index (Phi) is 8.41.